The minimum atomic E-state index is 0.497. The van der Waals surface area contributed by atoms with E-state index >= 15 is 0 Å². The van der Waals surface area contributed by atoms with E-state index in [1.807, 2.05) is 12.3 Å². The van der Waals surface area contributed by atoms with Crippen molar-refractivity contribution < 1.29 is 0 Å². The zero-order valence-corrected chi connectivity index (χ0v) is 9.14. The van der Waals surface area contributed by atoms with Gasteiger partial charge in [-0.1, -0.05) is 11.6 Å². The van der Waals surface area contributed by atoms with Crippen molar-refractivity contribution in [1.82, 2.24) is 14.8 Å². The molecule has 0 spiro atoms. The van der Waals surface area contributed by atoms with Crippen LogP contribution in [0.25, 0.3) is 0 Å². The van der Waals surface area contributed by atoms with E-state index in [0.717, 1.165) is 11.4 Å². The second-order valence-electron chi connectivity index (χ2n) is 2.92. The molecule has 0 unspecified atom stereocenters. The van der Waals surface area contributed by atoms with Crippen molar-refractivity contribution in [2.24, 2.45) is 0 Å². The summed E-state index contributed by atoms with van der Waals surface area (Å²) in [5.41, 5.74) is 9.24. The van der Waals surface area contributed by atoms with Crippen molar-refractivity contribution in [2.75, 3.05) is 5.73 Å². The Labute approximate surface area is 90.3 Å². The molecule has 0 saturated carbocycles. The highest BCUT2D eigenvalue weighted by Crippen LogP contribution is 2.22. The Hall–Kier alpha value is -1.07. The van der Waals surface area contributed by atoms with Gasteiger partial charge in [-0.25, -0.2) is 9.67 Å². The Bertz CT molecular complexity index is 434. The van der Waals surface area contributed by atoms with E-state index in [1.165, 1.54) is 0 Å². The first-order valence-electron chi connectivity index (χ1n) is 4.04. The maximum atomic E-state index is 5.91. The summed E-state index contributed by atoms with van der Waals surface area (Å²) in [6.45, 7) is 2.40. The molecular formula is C8H9ClN4S. The molecule has 0 bridgehead atoms. The van der Waals surface area contributed by atoms with E-state index in [4.69, 9.17) is 17.3 Å². The normalized spacial score (nSPS) is 10.7. The number of halogens is 1. The second kappa shape index (κ2) is 3.59. The van der Waals surface area contributed by atoms with E-state index in [2.05, 4.69) is 10.1 Å². The summed E-state index contributed by atoms with van der Waals surface area (Å²) in [7, 11) is 0. The maximum absolute atomic E-state index is 5.91. The number of nitrogens with two attached hydrogens (primary N) is 1. The molecule has 0 saturated heterocycles. The third-order valence-corrected chi connectivity index (χ3v) is 2.99. The average Bonchev–Trinajstić information content (AvgIpc) is 2.73. The number of rotatable bonds is 2. The van der Waals surface area contributed by atoms with Gasteiger partial charge in [0.15, 0.2) is 0 Å². The molecule has 2 N–H and O–H groups in total. The van der Waals surface area contributed by atoms with Crippen molar-refractivity contribution in [2.45, 2.75) is 13.5 Å². The number of thiazole rings is 1. The standard InChI is InChI=1S/C8H9ClN4S/c1-5-7(9)8(10)13(12-5)2-6-3-14-4-11-6/h3-4H,2,10H2,1H3. The van der Waals surface area contributed by atoms with Crippen LogP contribution in [0.3, 0.4) is 0 Å². The summed E-state index contributed by atoms with van der Waals surface area (Å²) in [4.78, 5) is 4.15. The summed E-state index contributed by atoms with van der Waals surface area (Å²) in [5, 5.41) is 6.70. The molecule has 74 valence electrons. The number of anilines is 1. The van der Waals surface area contributed by atoms with Crippen LogP contribution in [0.4, 0.5) is 5.82 Å². The Balaban J connectivity index is 2.30. The number of aromatic nitrogens is 3. The fourth-order valence-electron chi connectivity index (χ4n) is 1.17. The summed E-state index contributed by atoms with van der Waals surface area (Å²) < 4.78 is 1.66. The predicted molar refractivity (Wildman–Crippen MR) is 57.6 cm³/mol. The first-order chi connectivity index (χ1) is 6.68. The van der Waals surface area contributed by atoms with Crippen molar-refractivity contribution in [3.05, 3.63) is 27.3 Å². The number of aryl methyl sites for hydroxylation is 1. The molecule has 0 atom stereocenters. The maximum Gasteiger partial charge on any atom is 0.141 e. The molecule has 2 rings (SSSR count). The largest absolute Gasteiger partial charge is 0.383 e. The third-order valence-electron chi connectivity index (χ3n) is 1.89. The van der Waals surface area contributed by atoms with Gasteiger partial charge in [0.2, 0.25) is 0 Å². The lowest BCUT2D eigenvalue weighted by atomic mass is 10.4. The van der Waals surface area contributed by atoms with Crippen molar-refractivity contribution in [3.63, 3.8) is 0 Å². The van der Waals surface area contributed by atoms with Gasteiger partial charge in [0.25, 0.3) is 0 Å². The van der Waals surface area contributed by atoms with Gasteiger partial charge in [-0.3, -0.25) is 0 Å². The van der Waals surface area contributed by atoms with Crippen LogP contribution in [-0.2, 0) is 6.54 Å². The van der Waals surface area contributed by atoms with E-state index in [9.17, 15) is 0 Å². The Morgan fingerprint density at radius 3 is 2.93 bits per heavy atom. The van der Waals surface area contributed by atoms with Gasteiger partial charge in [-0.15, -0.1) is 11.3 Å². The van der Waals surface area contributed by atoms with Crippen LogP contribution in [-0.4, -0.2) is 14.8 Å². The lowest BCUT2D eigenvalue weighted by molar-refractivity contribution is 0.678. The minimum Gasteiger partial charge on any atom is -0.383 e. The lowest BCUT2D eigenvalue weighted by Crippen LogP contribution is -2.06. The van der Waals surface area contributed by atoms with Gasteiger partial charge >= 0.3 is 0 Å². The smallest absolute Gasteiger partial charge is 0.141 e. The fourth-order valence-corrected chi connectivity index (χ4v) is 1.85. The molecule has 0 amide bonds. The second-order valence-corrected chi connectivity index (χ2v) is 4.02. The first-order valence-corrected chi connectivity index (χ1v) is 5.36. The highest BCUT2D eigenvalue weighted by Gasteiger charge is 2.10. The van der Waals surface area contributed by atoms with Crippen LogP contribution < -0.4 is 5.73 Å². The monoisotopic (exact) mass is 228 g/mol. The van der Waals surface area contributed by atoms with Gasteiger partial charge in [0.05, 0.1) is 23.4 Å². The highest BCUT2D eigenvalue weighted by molar-refractivity contribution is 7.07. The lowest BCUT2D eigenvalue weighted by Gasteiger charge is -2.00. The predicted octanol–water partition coefficient (Wildman–Crippen LogP) is 1.93. The molecule has 6 heteroatoms. The van der Waals surface area contributed by atoms with Crippen molar-refractivity contribution in [3.8, 4) is 0 Å². The topological polar surface area (TPSA) is 56.7 Å². The van der Waals surface area contributed by atoms with Crippen LogP contribution in [0, 0.1) is 6.92 Å². The van der Waals surface area contributed by atoms with Crippen molar-refractivity contribution >= 4 is 28.8 Å². The van der Waals surface area contributed by atoms with E-state index < -0.39 is 0 Å². The average molecular weight is 229 g/mol. The first kappa shape index (κ1) is 9.48. The molecule has 0 aliphatic heterocycles. The third kappa shape index (κ3) is 1.60. The molecule has 0 fully saturated rings. The summed E-state index contributed by atoms with van der Waals surface area (Å²) in [6.07, 6.45) is 0. The van der Waals surface area contributed by atoms with Crippen LogP contribution in [0.15, 0.2) is 10.9 Å². The van der Waals surface area contributed by atoms with Gasteiger partial charge in [0.1, 0.15) is 10.8 Å². The minimum absolute atomic E-state index is 0.497. The molecule has 0 radical (unpaired) electrons. The zero-order valence-electron chi connectivity index (χ0n) is 7.57. The Morgan fingerprint density at radius 2 is 2.43 bits per heavy atom. The highest BCUT2D eigenvalue weighted by atomic mass is 35.5. The Kier molecular flexibility index (Phi) is 2.43. The van der Waals surface area contributed by atoms with E-state index in [-0.39, 0.29) is 0 Å². The fraction of sp³-hybridized carbons (Fsp3) is 0.250. The molecule has 4 nitrogen and oxygen atoms in total. The molecular weight excluding hydrogens is 220 g/mol. The quantitative estimate of drug-likeness (QED) is 0.855. The van der Waals surface area contributed by atoms with Crippen molar-refractivity contribution in [1.29, 1.82) is 0 Å². The van der Waals surface area contributed by atoms with E-state index in [1.54, 1.807) is 21.5 Å². The van der Waals surface area contributed by atoms with Crippen LogP contribution in [0.2, 0.25) is 5.02 Å². The van der Waals surface area contributed by atoms with Gasteiger partial charge in [-0.2, -0.15) is 5.10 Å². The van der Waals surface area contributed by atoms with Gasteiger partial charge < -0.3 is 5.73 Å². The zero-order chi connectivity index (χ0) is 10.1. The summed E-state index contributed by atoms with van der Waals surface area (Å²) in [5.74, 6) is 0.497. The van der Waals surface area contributed by atoms with Crippen LogP contribution in [0.5, 0.6) is 0 Å². The molecule has 14 heavy (non-hydrogen) atoms. The number of hydrogen-bond acceptors (Lipinski definition) is 4. The number of nitrogens with zero attached hydrogens (tertiary/aromatic N) is 3. The number of nitrogen functional groups attached to an aromatic ring is 1. The summed E-state index contributed by atoms with van der Waals surface area (Å²) in [6, 6.07) is 0. The van der Waals surface area contributed by atoms with Crippen LogP contribution >= 0.6 is 22.9 Å². The van der Waals surface area contributed by atoms with E-state index in [0.29, 0.717) is 17.4 Å². The molecule has 0 aliphatic carbocycles. The Morgan fingerprint density at radius 1 is 1.64 bits per heavy atom. The van der Waals surface area contributed by atoms with Gasteiger partial charge in [-0.05, 0) is 6.92 Å². The molecule has 2 heterocycles. The molecule has 0 aromatic carbocycles. The SMILES string of the molecule is Cc1nn(Cc2cscn2)c(N)c1Cl. The van der Waals surface area contributed by atoms with Gasteiger partial charge in [0, 0.05) is 5.38 Å². The molecule has 2 aromatic heterocycles. The molecule has 2 aromatic rings. The number of hydrogen-bond donors (Lipinski definition) is 1. The molecule has 0 aliphatic rings. The summed E-state index contributed by atoms with van der Waals surface area (Å²) >= 11 is 7.46. The van der Waals surface area contributed by atoms with Crippen LogP contribution in [0.1, 0.15) is 11.4 Å².